The van der Waals surface area contributed by atoms with E-state index < -0.39 is 0 Å². The molecule has 4 rings (SSSR count). The van der Waals surface area contributed by atoms with Crippen LogP contribution in [0.3, 0.4) is 0 Å². The minimum Gasteiger partial charge on any atom is -0.312 e. The van der Waals surface area contributed by atoms with Gasteiger partial charge in [-0.15, -0.1) is 0 Å². The van der Waals surface area contributed by atoms with Crippen molar-refractivity contribution in [1.29, 1.82) is 0 Å². The third-order valence-corrected chi connectivity index (χ3v) is 4.60. The summed E-state index contributed by atoms with van der Waals surface area (Å²) in [5, 5.41) is 0.471. The van der Waals surface area contributed by atoms with E-state index in [2.05, 4.69) is 16.9 Å². The predicted molar refractivity (Wildman–Crippen MR) is 81.0 cm³/mol. The van der Waals surface area contributed by atoms with E-state index in [9.17, 15) is 4.79 Å². The van der Waals surface area contributed by atoms with Gasteiger partial charge in [0.1, 0.15) is 5.52 Å². The van der Waals surface area contributed by atoms with E-state index in [0.29, 0.717) is 27.5 Å². The molecule has 0 radical (unpaired) electrons. The summed E-state index contributed by atoms with van der Waals surface area (Å²) in [6.45, 7) is 2.95. The predicted octanol–water partition coefficient (Wildman–Crippen LogP) is 3.42. The second-order valence-corrected chi connectivity index (χ2v) is 5.98. The average molecular weight is 300 g/mol. The molecule has 2 heterocycles. The van der Waals surface area contributed by atoms with Crippen molar-refractivity contribution in [3.8, 4) is 0 Å². The number of benzene rings is 1. The number of carbonyl (C=O) groups excluding carboxylic acids is 1. The number of hydrogen-bond acceptors (Lipinski definition) is 3. The van der Waals surface area contributed by atoms with E-state index >= 15 is 0 Å². The number of carbonyl (C=O) groups is 1. The highest BCUT2D eigenvalue weighted by Gasteiger charge is 2.41. The van der Waals surface area contributed by atoms with Gasteiger partial charge < -0.3 is 4.90 Å². The van der Waals surface area contributed by atoms with Gasteiger partial charge in [0.05, 0.1) is 10.5 Å². The second kappa shape index (κ2) is 4.53. The molecule has 1 aliphatic carbocycles. The first-order valence-corrected chi connectivity index (χ1v) is 7.49. The van der Waals surface area contributed by atoms with Crippen molar-refractivity contribution < 1.29 is 4.79 Å². The van der Waals surface area contributed by atoms with Gasteiger partial charge in [-0.2, -0.15) is 0 Å². The monoisotopic (exact) mass is 299 g/mol. The van der Waals surface area contributed by atoms with E-state index in [4.69, 9.17) is 11.6 Å². The number of halogens is 1. The molecule has 1 aromatic heterocycles. The van der Waals surface area contributed by atoms with Crippen molar-refractivity contribution in [2.24, 2.45) is 5.92 Å². The molecule has 4 nitrogen and oxygen atoms in total. The summed E-state index contributed by atoms with van der Waals surface area (Å²) in [7, 11) is 0. The number of fused-ring (bicyclic) bond motifs is 1. The third-order valence-electron chi connectivity index (χ3n) is 4.32. The lowest BCUT2D eigenvalue weighted by atomic mass is 10.1. The number of amides is 1. The number of likely N-dealkylation sites (tertiary alicyclic amines) is 1. The zero-order valence-electron chi connectivity index (χ0n) is 11.6. The molecule has 2 aliphatic rings. The van der Waals surface area contributed by atoms with Crippen molar-refractivity contribution in [3.63, 3.8) is 0 Å². The van der Waals surface area contributed by atoms with Gasteiger partial charge in [0.2, 0.25) is 0 Å². The lowest BCUT2D eigenvalue weighted by molar-refractivity contribution is 0.0804. The van der Waals surface area contributed by atoms with Crippen LogP contribution in [0.2, 0.25) is 5.02 Å². The quantitative estimate of drug-likeness (QED) is 0.810. The first-order valence-electron chi connectivity index (χ1n) is 7.12. The zero-order chi connectivity index (χ0) is 14.6. The fourth-order valence-corrected chi connectivity index (χ4v) is 3.46. The lowest BCUT2D eigenvalue weighted by Crippen LogP contribution is -2.30. The molecule has 1 aliphatic heterocycles. The topological polar surface area (TPSA) is 46.1 Å². The van der Waals surface area contributed by atoms with Crippen molar-refractivity contribution in [1.82, 2.24) is 14.9 Å². The van der Waals surface area contributed by atoms with Crippen LogP contribution in [0.4, 0.5) is 0 Å². The Morgan fingerprint density at radius 1 is 1.33 bits per heavy atom. The summed E-state index contributed by atoms with van der Waals surface area (Å²) < 4.78 is 0. The fraction of sp³-hybridized carbons (Fsp3) is 0.312. The number of aromatic nitrogens is 2. The second-order valence-electron chi connectivity index (χ2n) is 5.57. The number of nitrogens with zero attached hydrogens (tertiary/aromatic N) is 3. The normalized spacial score (nSPS) is 20.7. The molecule has 2 aromatic rings. The molecule has 0 N–H and O–H groups in total. The minimum absolute atomic E-state index is 0.0148. The highest BCUT2D eigenvalue weighted by atomic mass is 35.5. The van der Waals surface area contributed by atoms with E-state index in [1.54, 1.807) is 24.5 Å². The largest absolute Gasteiger partial charge is 0.312 e. The SMILES string of the molecule is CC1C2=C1N(C(=O)c1cc(Cl)c3nccnc3c1)CCC2. The average Bonchev–Trinajstić information content (AvgIpc) is 3.17. The van der Waals surface area contributed by atoms with Gasteiger partial charge in [0.25, 0.3) is 5.91 Å². The van der Waals surface area contributed by atoms with Crippen LogP contribution >= 0.6 is 11.6 Å². The van der Waals surface area contributed by atoms with Gasteiger partial charge in [-0.1, -0.05) is 18.5 Å². The summed E-state index contributed by atoms with van der Waals surface area (Å²) >= 11 is 6.24. The summed E-state index contributed by atoms with van der Waals surface area (Å²) in [5.41, 5.74) is 4.52. The summed E-state index contributed by atoms with van der Waals surface area (Å²) in [4.78, 5) is 23.1. The molecule has 1 amide bonds. The van der Waals surface area contributed by atoms with Gasteiger partial charge in [-0.05, 0) is 30.5 Å². The third kappa shape index (κ3) is 1.94. The highest BCUT2D eigenvalue weighted by Crippen LogP contribution is 2.47. The molecule has 5 heteroatoms. The van der Waals surface area contributed by atoms with Gasteiger partial charge in [-0.25, -0.2) is 0 Å². The molecular weight excluding hydrogens is 286 g/mol. The number of hydrogen-bond donors (Lipinski definition) is 0. The molecule has 21 heavy (non-hydrogen) atoms. The standard InChI is InChI=1S/C16H14ClN3O/c1-9-11-3-2-6-20(15(9)11)16(21)10-7-12(17)14-13(8-10)18-4-5-19-14/h4-5,7-9H,2-3,6H2,1H3. The first kappa shape index (κ1) is 12.8. The molecule has 1 unspecified atom stereocenters. The maximum atomic E-state index is 12.8. The molecule has 0 fully saturated rings. The Labute approximate surface area is 127 Å². The van der Waals surface area contributed by atoms with Crippen LogP contribution in [0.5, 0.6) is 0 Å². The molecule has 106 valence electrons. The number of allylic oxidation sites excluding steroid dienone is 2. The van der Waals surface area contributed by atoms with Crippen molar-refractivity contribution >= 4 is 28.5 Å². The fourth-order valence-electron chi connectivity index (χ4n) is 3.20. The molecular formula is C16H14ClN3O. The van der Waals surface area contributed by atoms with Gasteiger partial charge in [0, 0.05) is 36.1 Å². The maximum absolute atomic E-state index is 12.8. The Hall–Kier alpha value is -1.94. The maximum Gasteiger partial charge on any atom is 0.258 e. The van der Waals surface area contributed by atoms with Crippen molar-refractivity contribution in [2.75, 3.05) is 6.54 Å². The highest BCUT2D eigenvalue weighted by molar-refractivity contribution is 6.35. The van der Waals surface area contributed by atoms with Gasteiger partial charge in [0.15, 0.2) is 0 Å². The van der Waals surface area contributed by atoms with Crippen LogP contribution in [0.1, 0.15) is 30.1 Å². The van der Waals surface area contributed by atoms with E-state index in [1.165, 1.54) is 11.3 Å². The van der Waals surface area contributed by atoms with Crippen LogP contribution in [-0.2, 0) is 0 Å². The Balaban J connectivity index is 1.75. The molecule has 0 saturated carbocycles. The smallest absolute Gasteiger partial charge is 0.258 e. The van der Waals surface area contributed by atoms with Crippen molar-refractivity contribution in [3.05, 3.63) is 46.4 Å². The van der Waals surface area contributed by atoms with E-state index in [1.807, 2.05) is 4.90 Å². The zero-order valence-corrected chi connectivity index (χ0v) is 12.4. The molecule has 0 bridgehead atoms. The first-order chi connectivity index (χ1) is 10.2. The lowest BCUT2D eigenvalue weighted by Gasteiger charge is -2.22. The van der Waals surface area contributed by atoms with Crippen LogP contribution in [0.25, 0.3) is 11.0 Å². The summed E-state index contributed by atoms with van der Waals surface area (Å²) in [6, 6.07) is 3.47. The van der Waals surface area contributed by atoms with E-state index in [0.717, 1.165) is 19.4 Å². The van der Waals surface area contributed by atoms with Crippen molar-refractivity contribution in [2.45, 2.75) is 19.8 Å². The molecule has 0 spiro atoms. The Morgan fingerprint density at radius 2 is 2.14 bits per heavy atom. The molecule has 1 atom stereocenters. The Morgan fingerprint density at radius 3 is 3.00 bits per heavy atom. The Bertz CT molecular complexity index is 799. The molecule has 0 saturated heterocycles. The minimum atomic E-state index is 0.0148. The van der Waals surface area contributed by atoms with Crippen LogP contribution < -0.4 is 0 Å². The van der Waals surface area contributed by atoms with Gasteiger partial charge >= 0.3 is 0 Å². The van der Waals surface area contributed by atoms with Gasteiger partial charge in [-0.3, -0.25) is 14.8 Å². The van der Waals surface area contributed by atoms with E-state index in [-0.39, 0.29) is 5.91 Å². The van der Waals surface area contributed by atoms with Crippen LogP contribution in [0.15, 0.2) is 35.8 Å². The van der Waals surface area contributed by atoms with Crippen LogP contribution in [-0.4, -0.2) is 27.3 Å². The summed E-state index contributed by atoms with van der Waals surface area (Å²) in [5.74, 6) is 0.480. The summed E-state index contributed by atoms with van der Waals surface area (Å²) in [6.07, 6.45) is 5.38. The Kier molecular flexibility index (Phi) is 2.76. The number of rotatable bonds is 1. The van der Waals surface area contributed by atoms with Crippen LogP contribution in [0, 0.1) is 5.92 Å². The molecule has 1 aromatic carbocycles.